The molecule has 0 aliphatic rings. The van der Waals surface area contributed by atoms with Crippen LogP contribution in [-0.4, -0.2) is 83.0 Å². The van der Waals surface area contributed by atoms with Gasteiger partial charge in [-0.3, -0.25) is 13.7 Å². The number of benzene rings is 2. The Bertz CT molecular complexity index is 2560. The van der Waals surface area contributed by atoms with Crippen molar-refractivity contribution in [2.45, 2.75) is 104 Å². The molecule has 6 aromatic rings. The summed E-state index contributed by atoms with van der Waals surface area (Å²) in [6.07, 6.45) is 5.97. The largest absolute Gasteiger partial charge is 0.463 e. The van der Waals surface area contributed by atoms with Crippen LogP contribution >= 0.6 is 94.2 Å². The van der Waals surface area contributed by atoms with Crippen molar-refractivity contribution in [1.82, 2.24) is 39.0 Å². The standard InChI is InChI=1S/C21H29BrN5O4P.C21H30N5O4P.CHCl3.CH4.Br2/c1-4-7-11-29-21-25-18(23)17-19(26-21)27(20(22)24-17)13-15-9-8-10-16(12-15)14-32(28,30-5-2)31-6-3;1-4-7-11-28-21-24-19(22)18-20(25-21)26(15-23-18)13-16-9-8-10-17(12-16)14-31(27,29-5-2)30-6-3;2-1(3)4;;1-2/h8-10,12H,4-7,11,13-14H2,1-3H3,(H2,23,25,26);8-10,12,15H,4-7,11,13-14H2,1-3H3,(H2,22,24,25);1H;1H4;. The monoisotopic (exact) mass is 1260 g/mol. The number of ether oxygens (including phenoxy) is 2. The quantitative estimate of drug-likeness (QED) is 0.0248. The highest BCUT2D eigenvalue weighted by Gasteiger charge is 2.26. The maximum atomic E-state index is 12.9. The van der Waals surface area contributed by atoms with Gasteiger partial charge in [0.05, 0.1) is 71.4 Å². The molecule has 2 aromatic carbocycles. The number of hydrogen-bond acceptors (Lipinski definition) is 16. The molecule has 0 radical (unpaired) electrons. The van der Waals surface area contributed by atoms with Gasteiger partial charge >= 0.3 is 27.2 Å². The molecule has 0 spiro atoms. The van der Waals surface area contributed by atoms with Gasteiger partial charge in [-0.1, -0.05) is 117 Å². The number of anilines is 2. The van der Waals surface area contributed by atoms with Gasteiger partial charge in [0.15, 0.2) is 43.0 Å². The lowest BCUT2D eigenvalue weighted by Gasteiger charge is -2.17. The minimum Gasteiger partial charge on any atom is -0.463 e. The normalized spacial score (nSPS) is 11.3. The van der Waals surface area contributed by atoms with Crippen molar-refractivity contribution in [2.24, 2.45) is 0 Å². The number of alkyl halides is 3. The topological polar surface area (TPSA) is 229 Å². The Morgan fingerprint density at radius 2 is 1.04 bits per heavy atom. The number of halogens is 6. The van der Waals surface area contributed by atoms with E-state index in [1.54, 1.807) is 34.0 Å². The zero-order valence-electron chi connectivity index (χ0n) is 39.3. The molecule has 0 bridgehead atoms. The van der Waals surface area contributed by atoms with Gasteiger partial charge < -0.3 is 43.6 Å². The molecule has 0 atom stereocenters. The van der Waals surface area contributed by atoms with E-state index in [-0.39, 0.29) is 37.6 Å². The second-order valence-electron chi connectivity index (χ2n) is 14.5. The van der Waals surface area contributed by atoms with Crippen LogP contribution in [0, 0.1) is 0 Å². The summed E-state index contributed by atoms with van der Waals surface area (Å²) in [6.45, 7) is 14.8. The molecule has 390 valence electrons. The van der Waals surface area contributed by atoms with Gasteiger partial charge in [0.2, 0.25) is 0 Å². The second-order valence-corrected chi connectivity index (χ2v) is 21.3. The first kappa shape index (κ1) is 63.5. The van der Waals surface area contributed by atoms with Crippen molar-refractivity contribution < 1.29 is 36.7 Å². The van der Waals surface area contributed by atoms with E-state index in [1.165, 1.54) is 0 Å². The maximum absolute atomic E-state index is 12.9. The molecule has 70 heavy (non-hydrogen) atoms. The first-order valence-electron chi connectivity index (χ1n) is 22.0. The van der Waals surface area contributed by atoms with Crippen LogP contribution in [0.5, 0.6) is 12.0 Å². The molecule has 0 unspecified atom stereocenters. The van der Waals surface area contributed by atoms with E-state index in [2.05, 4.69) is 87.9 Å². The summed E-state index contributed by atoms with van der Waals surface area (Å²) in [7, 11) is -6.36. The fraction of sp³-hybridized carbons (Fsp3) is 0.500. The molecule has 0 aliphatic carbocycles. The number of imidazole rings is 2. The molecule has 4 aromatic heterocycles. The predicted octanol–water partition coefficient (Wildman–Crippen LogP) is 13.9. The van der Waals surface area contributed by atoms with E-state index < -0.39 is 19.5 Å². The zero-order chi connectivity index (χ0) is 51.0. The van der Waals surface area contributed by atoms with Crippen LogP contribution in [0.2, 0.25) is 0 Å². The zero-order valence-corrected chi connectivity index (χ0v) is 48.1. The molecule has 4 heterocycles. The van der Waals surface area contributed by atoms with Crippen LogP contribution in [0.4, 0.5) is 11.6 Å². The fourth-order valence-electron chi connectivity index (χ4n) is 6.44. The summed E-state index contributed by atoms with van der Waals surface area (Å²) < 4.78 is 62.4. The van der Waals surface area contributed by atoms with Gasteiger partial charge in [-0.25, -0.2) is 9.97 Å². The molecule has 0 amide bonds. The van der Waals surface area contributed by atoms with Gasteiger partial charge in [0.1, 0.15) is 0 Å². The highest BCUT2D eigenvalue weighted by molar-refractivity contribution is 9.93. The molecule has 0 aliphatic heterocycles. The lowest BCUT2D eigenvalue weighted by Crippen LogP contribution is -2.06. The fourth-order valence-corrected chi connectivity index (χ4v) is 10.3. The van der Waals surface area contributed by atoms with Gasteiger partial charge in [-0.15, -0.1) is 0 Å². The lowest BCUT2D eigenvalue weighted by atomic mass is 10.1. The van der Waals surface area contributed by atoms with E-state index in [0.717, 1.165) is 47.9 Å². The van der Waals surface area contributed by atoms with Crippen molar-refractivity contribution in [1.29, 1.82) is 0 Å². The number of unbranched alkanes of at least 4 members (excludes halogenated alkanes) is 2. The van der Waals surface area contributed by atoms with Crippen molar-refractivity contribution >= 4 is 128 Å². The average Bonchev–Trinajstić information content (AvgIpc) is 3.84. The van der Waals surface area contributed by atoms with Crippen molar-refractivity contribution in [2.75, 3.05) is 51.1 Å². The van der Waals surface area contributed by atoms with E-state index in [4.69, 9.17) is 73.8 Å². The average molecular weight is 1270 g/mol. The van der Waals surface area contributed by atoms with Crippen LogP contribution < -0.4 is 20.9 Å². The first-order valence-corrected chi connectivity index (χ1v) is 31.3. The Labute approximate surface area is 450 Å². The third kappa shape index (κ3) is 20.7. The third-order valence-electron chi connectivity index (χ3n) is 9.21. The second kappa shape index (κ2) is 33.2. The summed E-state index contributed by atoms with van der Waals surface area (Å²) in [6, 6.07) is 16.1. The van der Waals surface area contributed by atoms with E-state index in [0.29, 0.717) is 85.6 Å². The van der Waals surface area contributed by atoms with E-state index in [1.807, 2.05) is 57.7 Å². The van der Waals surface area contributed by atoms with Crippen LogP contribution in [0.3, 0.4) is 0 Å². The Morgan fingerprint density at radius 3 is 1.49 bits per heavy atom. The molecule has 0 saturated carbocycles. The Hall–Kier alpha value is -2.65. The van der Waals surface area contributed by atoms with Crippen molar-refractivity contribution in [3.05, 3.63) is 81.8 Å². The molecule has 18 nitrogen and oxygen atoms in total. The van der Waals surface area contributed by atoms with Crippen molar-refractivity contribution in [3.8, 4) is 12.0 Å². The molecule has 0 fully saturated rings. The summed E-state index contributed by atoms with van der Waals surface area (Å²) in [4.78, 5) is 26.3. The number of rotatable bonds is 24. The van der Waals surface area contributed by atoms with Gasteiger partial charge in [0.25, 0.3) is 0 Å². The van der Waals surface area contributed by atoms with Crippen LogP contribution in [-0.2, 0) is 52.6 Å². The molecule has 4 N–H and O–H groups in total. The number of nitrogens with zero attached hydrogens (tertiary/aromatic N) is 8. The predicted molar refractivity (Wildman–Crippen MR) is 294 cm³/mol. The molecule has 0 saturated heterocycles. The molecule has 26 heteroatoms. The smallest absolute Gasteiger partial charge is 0.335 e. The third-order valence-corrected chi connectivity index (χ3v) is 13.9. The number of hydrogen-bond donors (Lipinski definition) is 2. The number of aromatic nitrogens is 8. The Kier molecular flexibility index (Phi) is 30.1. The maximum Gasteiger partial charge on any atom is 0.335 e. The highest BCUT2D eigenvalue weighted by Crippen LogP contribution is 2.52. The SMILES string of the molecule is BrBr.C.CCCCOc1nc(N)c2nc(Br)n(Cc3cccc(CP(=O)(OCC)OCC)c3)c2n1.CCCCOc1nc(N)c2ncn(Cc3cccc(CP(=O)(OCC)OCC)c3)c2n1.ClC(Cl)Cl. The lowest BCUT2D eigenvalue weighted by molar-refractivity contribution is 0.218. The number of nitrogen functional groups attached to an aromatic ring is 2. The van der Waals surface area contributed by atoms with Gasteiger partial charge in [-0.05, 0) is 78.7 Å². The number of fused-ring (bicyclic) bond motifs is 2. The molecule has 6 rings (SSSR count). The van der Waals surface area contributed by atoms with Gasteiger partial charge in [-0.2, -0.15) is 19.9 Å². The first-order chi connectivity index (χ1) is 33.1. The van der Waals surface area contributed by atoms with Crippen LogP contribution in [0.25, 0.3) is 22.3 Å². The Balaban J connectivity index is 0.000000426. The summed E-state index contributed by atoms with van der Waals surface area (Å²) in [5, 5.41) is 0. The van der Waals surface area contributed by atoms with Gasteiger partial charge in [0, 0.05) is 28.3 Å². The van der Waals surface area contributed by atoms with E-state index in [9.17, 15) is 9.13 Å². The summed E-state index contributed by atoms with van der Waals surface area (Å²) in [5.41, 5.74) is 18.1. The van der Waals surface area contributed by atoms with Crippen LogP contribution in [0.1, 0.15) is 96.9 Å². The highest BCUT2D eigenvalue weighted by atomic mass is 80.9. The minimum absolute atomic E-state index is 0. The minimum atomic E-state index is -3.19. The Morgan fingerprint density at radius 1 is 0.629 bits per heavy atom. The van der Waals surface area contributed by atoms with Crippen molar-refractivity contribution in [3.63, 3.8) is 0 Å². The molecular weight excluding hydrogens is 1200 g/mol. The van der Waals surface area contributed by atoms with E-state index >= 15 is 0 Å². The number of nitrogens with two attached hydrogens (primary N) is 2. The van der Waals surface area contributed by atoms with Crippen LogP contribution in [0.15, 0.2) is 59.6 Å². The molecular formula is C44H64Br3Cl3N10O8P2. The summed E-state index contributed by atoms with van der Waals surface area (Å²) >= 11 is 23.4. The summed E-state index contributed by atoms with van der Waals surface area (Å²) in [5.74, 6) is 0.558.